The normalized spacial score (nSPS) is 24.4. The monoisotopic (exact) mass is 314 g/mol. The van der Waals surface area contributed by atoms with Crippen LogP contribution in [0.1, 0.15) is 45.1 Å². The molecule has 0 amide bonds. The van der Waals surface area contributed by atoms with Gasteiger partial charge in [-0.1, -0.05) is 13.8 Å². The third kappa shape index (κ3) is 3.49. The highest BCUT2D eigenvalue weighted by Crippen LogP contribution is 2.30. The van der Waals surface area contributed by atoms with Crippen molar-refractivity contribution >= 4 is 10.0 Å². The minimum atomic E-state index is -3.47. The number of aryl methyl sites for hydroxylation is 1. The van der Waals surface area contributed by atoms with Crippen molar-refractivity contribution < 1.29 is 12.8 Å². The van der Waals surface area contributed by atoms with E-state index in [2.05, 4.69) is 12.2 Å². The van der Waals surface area contributed by atoms with Crippen molar-refractivity contribution in [2.45, 2.75) is 58.0 Å². The lowest BCUT2D eigenvalue weighted by molar-refractivity contribution is 0.217. The Balaban J connectivity index is 2.28. The molecule has 5 nitrogen and oxygen atoms in total. The molecule has 0 saturated carbocycles. The lowest BCUT2D eigenvalue weighted by Crippen LogP contribution is -2.44. The number of sulfonamides is 1. The van der Waals surface area contributed by atoms with Crippen LogP contribution in [-0.2, 0) is 16.6 Å². The summed E-state index contributed by atoms with van der Waals surface area (Å²) in [6.07, 6.45) is 2.00. The Labute approximate surface area is 127 Å². The number of hydrogen-bond acceptors (Lipinski definition) is 4. The molecule has 6 heteroatoms. The summed E-state index contributed by atoms with van der Waals surface area (Å²) in [6.45, 7) is 9.79. The molecule has 1 aliphatic heterocycles. The highest BCUT2D eigenvalue weighted by Gasteiger charge is 2.35. The number of hydrogen-bond donors (Lipinski definition) is 1. The quantitative estimate of drug-likeness (QED) is 0.907. The third-order valence-electron chi connectivity index (χ3n) is 4.12. The van der Waals surface area contributed by atoms with Gasteiger partial charge in [0, 0.05) is 18.7 Å². The maximum Gasteiger partial charge on any atom is 0.246 e. The van der Waals surface area contributed by atoms with E-state index in [1.165, 1.54) is 0 Å². The Morgan fingerprint density at radius 3 is 2.76 bits per heavy atom. The van der Waals surface area contributed by atoms with Crippen molar-refractivity contribution in [3.05, 3.63) is 17.6 Å². The van der Waals surface area contributed by atoms with E-state index in [-0.39, 0.29) is 6.04 Å². The second kappa shape index (κ2) is 6.50. The first-order valence-corrected chi connectivity index (χ1v) is 9.12. The summed E-state index contributed by atoms with van der Waals surface area (Å²) in [5, 5.41) is 3.15. The molecule has 120 valence electrons. The van der Waals surface area contributed by atoms with Crippen LogP contribution in [0, 0.1) is 12.8 Å². The van der Waals surface area contributed by atoms with Crippen molar-refractivity contribution in [2.75, 3.05) is 13.1 Å². The summed E-state index contributed by atoms with van der Waals surface area (Å²) >= 11 is 0. The average molecular weight is 314 g/mol. The predicted molar refractivity (Wildman–Crippen MR) is 82.6 cm³/mol. The number of rotatable bonds is 5. The van der Waals surface area contributed by atoms with E-state index in [9.17, 15) is 8.42 Å². The lowest BCUT2D eigenvalue weighted by Gasteiger charge is -2.35. The molecule has 1 aromatic rings. The molecule has 1 saturated heterocycles. The first kappa shape index (κ1) is 16.5. The van der Waals surface area contributed by atoms with Crippen LogP contribution in [0.5, 0.6) is 0 Å². The van der Waals surface area contributed by atoms with Crippen LogP contribution in [-0.4, -0.2) is 31.9 Å². The first-order chi connectivity index (χ1) is 9.86. The summed E-state index contributed by atoms with van der Waals surface area (Å²) in [4.78, 5) is 0.316. The van der Waals surface area contributed by atoms with Gasteiger partial charge in [-0.05, 0) is 39.2 Å². The lowest BCUT2D eigenvalue weighted by atomic mass is 9.97. The van der Waals surface area contributed by atoms with Crippen LogP contribution in [0.25, 0.3) is 0 Å². The third-order valence-corrected chi connectivity index (χ3v) is 6.21. The molecule has 0 aromatic carbocycles. The Morgan fingerprint density at radius 2 is 2.10 bits per heavy atom. The van der Waals surface area contributed by atoms with Crippen LogP contribution in [0.4, 0.5) is 0 Å². The fourth-order valence-electron chi connectivity index (χ4n) is 2.83. The smallest absolute Gasteiger partial charge is 0.246 e. The van der Waals surface area contributed by atoms with E-state index in [0.29, 0.717) is 35.4 Å². The molecule has 2 atom stereocenters. The Bertz CT molecular complexity index is 580. The van der Waals surface area contributed by atoms with Gasteiger partial charge >= 0.3 is 0 Å². The highest BCUT2D eigenvalue weighted by atomic mass is 32.2. The van der Waals surface area contributed by atoms with Crippen molar-refractivity contribution in [2.24, 2.45) is 5.92 Å². The van der Waals surface area contributed by atoms with Crippen LogP contribution in [0.2, 0.25) is 0 Å². The molecular weight excluding hydrogens is 288 g/mol. The summed E-state index contributed by atoms with van der Waals surface area (Å²) < 4.78 is 33.0. The van der Waals surface area contributed by atoms with Gasteiger partial charge < -0.3 is 9.73 Å². The molecule has 1 N–H and O–H groups in total. The standard InChI is InChI=1S/C15H26N2O3S/c1-5-16-9-14-8-15(13(4)20-14)21(18,19)17-10-11(2)6-7-12(17)3/h8,11-12,16H,5-7,9-10H2,1-4H3. The van der Waals surface area contributed by atoms with Crippen LogP contribution >= 0.6 is 0 Å². The van der Waals surface area contributed by atoms with Gasteiger partial charge in [0.2, 0.25) is 10.0 Å². The summed E-state index contributed by atoms with van der Waals surface area (Å²) in [5.74, 6) is 1.56. The Kier molecular flexibility index (Phi) is 5.11. The first-order valence-electron chi connectivity index (χ1n) is 7.68. The van der Waals surface area contributed by atoms with Gasteiger partial charge in [0.15, 0.2) is 0 Å². The maximum absolute atomic E-state index is 12.9. The van der Waals surface area contributed by atoms with E-state index in [0.717, 1.165) is 19.4 Å². The van der Waals surface area contributed by atoms with Gasteiger partial charge in [-0.15, -0.1) is 0 Å². The maximum atomic E-state index is 12.9. The molecule has 0 radical (unpaired) electrons. The molecule has 0 aliphatic carbocycles. The molecule has 2 heterocycles. The van der Waals surface area contributed by atoms with Gasteiger partial charge in [0.1, 0.15) is 16.4 Å². The van der Waals surface area contributed by atoms with Crippen LogP contribution in [0.3, 0.4) is 0 Å². The predicted octanol–water partition coefficient (Wildman–Crippen LogP) is 2.51. The summed E-state index contributed by atoms with van der Waals surface area (Å²) in [5.41, 5.74) is 0. The summed E-state index contributed by atoms with van der Waals surface area (Å²) in [7, 11) is -3.47. The molecule has 2 unspecified atom stereocenters. The topological polar surface area (TPSA) is 62.6 Å². The number of furan rings is 1. The van der Waals surface area contributed by atoms with Gasteiger partial charge in [-0.3, -0.25) is 0 Å². The number of nitrogens with one attached hydrogen (secondary N) is 1. The van der Waals surface area contributed by atoms with Gasteiger partial charge in [0.05, 0.1) is 6.54 Å². The zero-order valence-corrected chi connectivity index (χ0v) is 14.2. The highest BCUT2D eigenvalue weighted by molar-refractivity contribution is 7.89. The number of piperidine rings is 1. The van der Waals surface area contributed by atoms with Crippen LogP contribution < -0.4 is 5.32 Å². The van der Waals surface area contributed by atoms with Crippen molar-refractivity contribution in [3.63, 3.8) is 0 Å². The van der Waals surface area contributed by atoms with Gasteiger partial charge in [-0.2, -0.15) is 4.31 Å². The number of nitrogens with zero attached hydrogens (tertiary/aromatic N) is 1. The molecule has 0 bridgehead atoms. The van der Waals surface area contributed by atoms with E-state index >= 15 is 0 Å². The van der Waals surface area contributed by atoms with Gasteiger partial charge in [0.25, 0.3) is 0 Å². The fourth-order valence-corrected chi connectivity index (χ4v) is 4.79. The molecule has 1 fully saturated rings. The largest absolute Gasteiger partial charge is 0.464 e. The zero-order chi connectivity index (χ0) is 15.6. The van der Waals surface area contributed by atoms with Crippen LogP contribution in [0.15, 0.2) is 15.4 Å². The second-order valence-electron chi connectivity index (χ2n) is 6.02. The minimum absolute atomic E-state index is 0.0534. The minimum Gasteiger partial charge on any atom is -0.464 e. The van der Waals surface area contributed by atoms with E-state index in [4.69, 9.17) is 4.42 Å². The Morgan fingerprint density at radius 1 is 1.38 bits per heavy atom. The molecule has 2 rings (SSSR count). The molecule has 21 heavy (non-hydrogen) atoms. The molecule has 0 spiro atoms. The fraction of sp³-hybridized carbons (Fsp3) is 0.733. The molecular formula is C15H26N2O3S. The Hall–Kier alpha value is -0.850. The van der Waals surface area contributed by atoms with E-state index in [1.54, 1.807) is 17.3 Å². The average Bonchev–Trinajstić information content (AvgIpc) is 2.81. The van der Waals surface area contributed by atoms with Crippen molar-refractivity contribution in [1.82, 2.24) is 9.62 Å². The zero-order valence-electron chi connectivity index (χ0n) is 13.3. The van der Waals surface area contributed by atoms with Gasteiger partial charge in [-0.25, -0.2) is 8.42 Å². The summed E-state index contributed by atoms with van der Waals surface area (Å²) in [6, 6.07) is 1.72. The van der Waals surface area contributed by atoms with Crippen molar-refractivity contribution in [3.8, 4) is 0 Å². The van der Waals surface area contributed by atoms with Crippen molar-refractivity contribution in [1.29, 1.82) is 0 Å². The second-order valence-corrected chi connectivity index (χ2v) is 7.88. The molecule has 1 aromatic heterocycles. The molecule has 1 aliphatic rings. The van der Waals surface area contributed by atoms with E-state index in [1.807, 2.05) is 13.8 Å². The van der Waals surface area contributed by atoms with E-state index < -0.39 is 10.0 Å². The SMILES string of the molecule is CCNCc1cc(S(=O)(=O)N2CC(C)CCC2C)c(C)o1.